The average Bonchev–Trinajstić information content (AvgIpc) is 2.76. The van der Waals surface area contributed by atoms with Crippen molar-refractivity contribution in [1.29, 1.82) is 0 Å². The van der Waals surface area contributed by atoms with Gasteiger partial charge in [0.15, 0.2) is 23.1 Å². The fourth-order valence-corrected chi connectivity index (χ4v) is 4.95. The minimum absolute atomic E-state index is 0.306. The van der Waals surface area contributed by atoms with Crippen LogP contribution in [0, 0.1) is 0 Å². The van der Waals surface area contributed by atoms with Gasteiger partial charge < -0.3 is 9.84 Å². The van der Waals surface area contributed by atoms with Crippen molar-refractivity contribution in [2.75, 3.05) is 0 Å². The maximum atomic E-state index is 13.1. The van der Waals surface area contributed by atoms with Crippen LogP contribution >= 0.6 is 46.4 Å². The van der Waals surface area contributed by atoms with E-state index in [0.29, 0.717) is 11.1 Å². The van der Waals surface area contributed by atoms with E-state index in [4.69, 9.17) is 51.1 Å². The van der Waals surface area contributed by atoms with Crippen LogP contribution in [0.25, 0.3) is 0 Å². The highest BCUT2D eigenvalue weighted by molar-refractivity contribution is 6.61. The highest BCUT2D eigenvalue weighted by atomic mass is 35.5. The first-order valence-corrected chi connectivity index (χ1v) is 9.99. The van der Waals surface area contributed by atoms with Crippen LogP contribution in [0.2, 0.25) is 0 Å². The second-order valence-corrected chi connectivity index (χ2v) is 8.14. The van der Waals surface area contributed by atoms with Crippen molar-refractivity contribution >= 4 is 58.0 Å². The molecule has 1 saturated heterocycles. The number of allylic oxidation sites excluding steroid dienone is 2. The van der Waals surface area contributed by atoms with Gasteiger partial charge in [0.1, 0.15) is 10.1 Å². The normalized spacial score (nSPS) is 26.0. The Balaban J connectivity index is 1.94. The van der Waals surface area contributed by atoms with Gasteiger partial charge in [0, 0.05) is 5.56 Å². The van der Waals surface area contributed by atoms with Crippen molar-refractivity contribution in [3.63, 3.8) is 0 Å². The van der Waals surface area contributed by atoms with Crippen LogP contribution in [0.1, 0.15) is 15.9 Å². The third-order valence-electron chi connectivity index (χ3n) is 5.12. The first-order valence-electron chi connectivity index (χ1n) is 8.48. The predicted octanol–water partition coefficient (Wildman–Crippen LogP) is 4.86. The van der Waals surface area contributed by atoms with E-state index in [9.17, 15) is 14.7 Å². The molecule has 4 nitrogen and oxygen atoms in total. The Morgan fingerprint density at radius 2 is 1.34 bits per heavy atom. The molecule has 1 spiro atoms. The smallest absolute Gasteiger partial charge is 0.218 e. The third kappa shape index (κ3) is 2.68. The van der Waals surface area contributed by atoms with Gasteiger partial charge in [0.25, 0.3) is 0 Å². The van der Waals surface area contributed by atoms with Gasteiger partial charge in [-0.05, 0) is 5.56 Å². The predicted molar refractivity (Wildman–Crippen MR) is 111 cm³/mol. The van der Waals surface area contributed by atoms with E-state index in [1.165, 1.54) is 0 Å². The van der Waals surface area contributed by atoms with Crippen LogP contribution in [0.4, 0.5) is 0 Å². The molecular formula is C21H12Cl4O4. The molecule has 1 fully saturated rings. The van der Waals surface area contributed by atoms with Crippen LogP contribution in [-0.4, -0.2) is 28.4 Å². The van der Waals surface area contributed by atoms with E-state index >= 15 is 0 Å². The van der Waals surface area contributed by atoms with Crippen molar-refractivity contribution in [3.8, 4) is 0 Å². The van der Waals surface area contributed by atoms with E-state index in [1.807, 2.05) is 0 Å². The molecular weight excluding hydrogens is 458 g/mol. The molecule has 1 aliphatic heterocycles. The molecule has 2 atom stereocenters. The van der Waals surface area contributed by atoms with E-state index in [1.54, 1.807) is 60.7 Å². The Hall–Kier alpha value is -1.66. The number of hydrogen-bond donors (Lipinski definition) is 1. The maximum Gasteiger partial charge on any atom is 0.218 e. The molecule has 0 radical (unpaired) electrons. The summed E-state index contributed by atoms with van der Waals surface area (Å²) in [7, 11) is 0. The fraction of sp³-hybridized carbons (Fsp3) is 0.143. The van der Waals surface area contributed by atoms with Gasteiger partial charge in [-0.15, -0.1) is 0 Å². The number of benzene rings is 2. The summed E-state index contributed by atoms with van der Waals surface area (Å²) in [5.74, 6) is -1.27. The summed E-state index contributed by atoms with van der Waals surface area (Å²) in [4.78, 5) is 25.4. The molecule has 1 N–H and O–H groups in total. The molecule has 2 aliphatic rings. The standard InChI is InChI=1S/C21H12Cl4O4/c22-13-16(27)14(23)18(25)21(17(13)24)20(28,12-9-5-2-6-10-12)19(29-21)15(26)11-7-3-1-4-8-11/h1-10,19,28H. The summed E-state index contributed by atoms with van der Waals surface area (Å²) < 4.78 is 5.87. The van der Waals surface area contributed by atoms with Crippen molar-refractivity contribution in [1.82, 2.24) is 0 Å². The Bertz CT molecular complexity index is 1050. The highest BCUT2D eigenvalue weighted by Gasteiger charge is 2.75. The Kier molecular flexibility index (Phi) is 5.14. The quantitative estimate of drug-likeness (QED) is 0.652. The molecule has 1 heterocycles. The van der Waals surface area contributed by atoms with E-state index in [-0.39, 0.29) is 10.1 Å². The van der Waals surface area contributed by atoms with E-state index < -0.39 is 38.9 Å². The molecule has 8 heteroatoms. The second-order valence-electron chi connectivity index (χ2n) is 6.63. The molecule has 1 aliphatic carbocycles. The number of carbonyl (C=O) groups is 2. The first-order chi connectivity index (χ1) is 13.8. The zero-order valence-corrected chi connectivity index (χ0v) is 17.6. The van der Waals surface area contributed by atoms with Gasteiger partial charge in [-0.3, -0.25) is 9.59 Å². The molecule has 2 aromatic carbocycles. The number of ketones is 2. The molecule has 4 rings (SSSR count). The SMILES string of the molecule is O=C1C(Cl)=C(Cl)C2(OC(C(=O)c3ccccc3)C2(O)c2ccccc2)C(Cl)=C1Cl. The van der Waals surface area contributed by atoms with Crippen molar-refractivity contribution in [2.45, 2.75) is 17.3 Å². The van der Waals surface area contributed by atoms with Crippen molar-refractivity contribution in [2.24, 2.45) is 0 Å². The van der Waals surface area contributed by atoms with Gasteiger partial charge in [-0.25, -0.2) is 0 Å². The number of aliphatic hydroxyl groups is 1. The lowest BCUT2D eigenvalue weighted by molar-refractivity contribution is -0.303. The number of hydrogen-bond acceptors (Lipinski definition) is 4. The van der Waals surface area contributed by atoms with Crippen LogP contribution < -0.4 is 0 Å². The molecule has 2 aromatic rings. The first kappa shape index (κ1) is 20.6. The van der Waals surface area contributed by atoms with Crippen molar-refractivity contribution < 1.29 is 19.4 Å². The Morgan fingerprint density at radius 1 is 0.862 bits per heavy atom. The molecule has 148 valence electrons. The zero-order valence-electron chi connectivity index (χ0n) is 14.5. The lowest BCUT2D eigenvalue weighted by atomic mass is 9.64. The summed E-state index contributed by atoms with van der Waals surface area (Å²) >= 11 is 24.9. The second kappa shape index (κ2) is 7.24. The number of Topliss-reactive ketones (excluding diaryl/α,β-unsaturated/α-hetero) is 2. The molecule has 0 saturated carbocycles. The summed E-state index contributed by atoms with van der Waals surface area (Å²) in [5, 5.41) is 10.4. The Labute approximate surface area is 186 Å². The third-order valence-corrected chi connectivity index (χ3v) is 6.95. The number of carbonyl (C=O) groups excluding carboxylic acids is 2. The van der Waals surface area contributed by atoms with Crippen molar-refractivity contribution in [3.05, 3.63) is 91.9 Å². The van der Waals surface area contributed by atoms with E-state index in [0.717, 1.165) is 0 Å². The van der Waals surface area contributed by atoms with Crippen LogP contribution in [0.15, 0.2) is 80.8 Å². The number of ether oxygens (including phenoxy) is 1. The zero-order chi connectivity index (χ0) is 21.0. The summed E-state index contributed by atoms with van der Waals surface area (Å²) in [6, 6.07) is 16.6. The Morgan fingerprint density at radius 3 is 1.86 bits per heavy atom. The molecule has 0 aromatic heterocycles. The molecule has 29 heavy (non-hydrogen) atoms. The topological polar surface area (TPSA) is 63.6 Å². The van der Waals surface area contributed by atoms with Crippen LogP contribution in [-0.2, 0) is 15.1 Å². The van der Waals surface area contributed by atoms with Crippen LogP contribution in [0.5, 0.6) is 0 Å². The van der Waals surface area contributed by atoms with Gasteiger partial charge in [-0.2, -0.15) is 0 Å². The van der Waals surface area contributed by atoms with Crippen LogP contribution in [0.3, 0.4) is 0 Å². The molecule has 0 bridgehead atoms. The summed E-state index contributed by atoms with van der Waals surface area (Å²) in [6.45, 7) is 0. The monoisotopic (exact) mass is 468 g/mol. The summed E-state index contributed by atoms with van der Waals surface area (Å²) in [6.07, 6.45) is -1.36. The van der Waals surface area contributed by atoms with Gasteiger partial charge >= 0.3 is 0 Å². The van der Waals surface area contributed by atoms with Gasteiger partial charge in [0.2, 0.25) is 5.78 Å². The molecule has 0 amide bonds. The lowest BCUT2D eigenvalue weighted by Crippen LogP contribution is -2.75. The van der Waals surface area contributed by atoms with E-state index in [2.05, 4.69) is 0 Å². The molecule has 2 unspecified atom stereocenters. The minimum Gasteiger partial charge on any atom is -0.378 e. The fourth-order valence-electron chi connectivity index (χ4n) is 3.66. The van der Waals surface area contributed by atoms with Gasteiger partial charge in [-0.1, -0.05) is 107 Å². The number of rotatable bonds is 3. The number of halogens is 4. The maximum absolute atomic E-state index is 13.1. The lowest BCUT2D eigenvalue weighted by Gasteiger charge is -2.60. The van der Waals surface area contributed by atoms with Gasteiger partial charge in [0.05, 0.1) is 10.1 Å². The highest BCUT2D eigenvalue weighted by Crippen LogP contribution is 2.63. The average molecular weight is 470 g/mol. The summed E-state index contributed by atoms with van der Waals surface area (Å²) in [5.41, 5.74) is -3.41. The minimum atomic E-state index is -2.06. The largest absolute Gasteiger partial charge is 0.378 e.